The predicted octanol–water partition coefficient (Wildman–Crippen LogP) is 4.21. The number of unbranched alkanes of at least 4 members (excludes halogenated alkanes) is 1. The van der Waals surface area contributed by atoms with Gasteiger partial charge in [-0.3, -0.25) is 14.5 Å². The minimum Gasteiger partial charge on any atom is -0.390 e. The zero-order chi connectivity index (χ0) is 25.0. The summed E-state index contributed by atoms with van der Waals surface area (Å²) < 4.78 is 0. The summed E-state index contributed by atoms with van der Waals surface area (Å²) in [6.07, 6.45) is 7.60. The van der Waals surface area contributed by atoms with Gasteiger partial charge in [-0.1, -0.05) is 70.7 Å². The van der Waals surface area contributed by atoms with E-state index in [1.807, 2.05) is 4.90 Å². The molecule has 1 aromatic carbocycles. The van der Waals surface area contributed by atoms with Crippen LogP contribution < -0.4 is 5.32 Å². The van der Waals surface area contributed by atoms with Gasteiger partial charge < -0.3 is 15.3 Å². The second kappa shape index (κ2) is 11.4. The maximum absolute atomic E-state index is 13.7. The Bertz CT molecular complexity index is 854. The molecule has 4 rings (SSSR count). The number of piperidine rings is 1. The van der Waals surface area contributed by atoms with Crippen molar-refractivity contribution in [2.24, 2.45) is 5.92 Å². The zero-order valence-electron chi connectivity index (χ0n) is 22.0. The molecule has 35 heavy (non-hydrogen) atoms. The maximum atomic E-state index is 13.7. The lowest BCUT2D eigenvalue weighted by Gasteiger charge is -2.52. The molecule has 2 aliphatic heterocycles. The van der Waals surface area contributed by atoms with Crippen molar-refractivity contribution < 1.29 is 14.7 Å². The average Bonchev–Trinajstić information content (AvgIpc) is 2.88. The van der Waals surface area contributed by atoms with Crippen LogP contribution in [0.1, 0.15) is 95.6 Å². The standard InChI is InChI=1S/C29H45N3O3/c1-4-5-17-32-27(34)25(26(33)24-9-7-6-8-10-24)30-28(35)29(32)15-18-31(19-16-29)20-22-11-13-23(14-12-22)21(2)3/h11-14,21,24-26,33H,4-10,15-20H2,1-3H3,(H,30,35)/t25-,26-/m1/s1. The lowest BCUT2D eigenvalue weighted by molar-refractivity contribution is -0.166. The van der Waals surface area contributed by atoms with E-state index in [1.54, 1.807) is 0 Å². The molecule has 1 aromatic rings. The van der Waals surface area contributed by atoms with Gasteiger partial charge in [-0.25, -0.2) is 0 Å². The Balaban J connectivity index is 1.45. The molecule has 0 radical (unpaired) electrons. The van der Waals surface area contributed by atoms with E-state index in [4.69, 9.17) is 0 Å². The fraction of sp³-hybridized carbons (Fsp3) is 0.724. The molecule has 2 saturated heterocycles. The van der Waals surface area contributed by atoms with Crippen molar-refractivity contribution in [2.75, 3.05) is 19.6 Å². The first-order valence-electron chi connectivity index (χ1n) is 14.0. The van der Waals surface area contributed by atoms with Crippen LogP contribution in [0.3, 0.4) is 0 Å². The van der Waals surface area contributed by atoms with Crippen LogP contribution in [0.4, 0.5) is 0 Å². The molecule has 0 bridgehead atoms. The summed E-state index contributed by atoms with van der Waals surface area (Å²) in [6, 6.07) is 8.04. The first-order chi connectivity index (χ1) is 16.9. The van der Waals surface area contributed by atoms with Crippen LogP contribution in [0.2, 0.25) is 0 Å². The Morgan fingerprint density at radius 3 is 2.31 bits per heavy atom. The summed E-state index contributed by atoms with van der Waals surface area (Å²) >= 11 is 0. The molecule has 0 unspecified atom stereocenters. The third kappa shape index (κ3) is 5.59. The highest BCUT2D eigenvalue weighted by Gasteiger charge is 2.55. The van der Waals surface area contributed by atoms with Gasteiger partial charge in [0.2, 0.25) is 11.8 Å². The number of hydrogen-bond donors (Lipinski definition) is 2. The number of rotatable bonds is 8. The fourth-order valence-electron chi connectivity index (χ4n) is 6.30. The number of carbonyl (C=O) groups is 2. The number of likely N-dealkylation sites (tertiary alicyclic amines) is 1. The highest BCUT2D eigenvalue weighted by molar-refractivity contribution is 6.00. The van der Waals surface area contributed by atoms with Crippen molar-refractivity contribution >= 4 is 11.8 Å². The topological polar surface area (TPSA) is 72.9 Å². The van der Waals surface area contributed by atoms with E-state index in [-0.39, 0.29) is 17.7 Å². The molecular weight excluding hydrogens is 438 g/mol. The molecule has 0 aromatic heterocycles. The van der Waals surface area contributed by atoms with E-state index in [0.717, 1.165) is 58.2 Å². The number of aliphatic hydroxyl groups is 1. The normalized spacial score (nSPS) is 24.7. The number of amides is 2. The van der Waals surface area contributed by atoms with Gasteiger partial charge in [-0.15, -0.1) is 0 Å². The SMILES string of the molecule is CCCCN1C(=O)[C@@H]([C@H](O)C2CCCCC2)NC(=O)C12CCN(Cc1ccc(C(C)C)cc1)CC2. The van der Waals surface area contributed by atoms with Gasteiger partial charge in [0, 0.05) is 26.2 Å². The zero-order valence-corrected chi connectivity index (χ0v) is 22.0. The molecular formula is C29H45N3O3. The van der Waals surface area contributed by atoms with Crippen LogP contribution >= 0.6 is 0 Å². The minimum atomic E-state index is -0.800. The first kappa shape index (κ1) is 26.2. The lowest BCUT2D eigenvalue weighted by atomic mass is 9.78. The number of aliphatic hydroxyl groups excluding tert-OH is 1. The Labute approximate surface area is 211 Å². The number of hydrogen-bond acceptors (Lipinski definition) is 4. The van der Waals surface area contributed by atoms with Gasteiger partial charge in [0.25, 0.3) is 0 Å². The van der Waals surface area contributed by atoms with Crippen LogP contribution in [0.25, 0.3) is 0 Å². The molecule has 1 saturated carbocycles. The highest BCUT2D eigenvalue weighted by atomic mass is 16.3. The van der Waals surface area contributed by atoms with Crippen LogP contribution in [0, 0.1) is 5.92 Å². The van der Waals surface area contributed by atoms with E-state index < -0.39 is 17.7 Å². The second-order valence-electron chi connectivity index (χ2n) is 11.4. The van der Waals surface area contributed by atoms with Crippen LogP contribution in [-0.4, -0.2) is 64.0 Å². The third-order valence-corrected chi connectivity index (χ3v) is 8.70. The number of carbonyl (C=O) groups excluding carboxylic acids is 2. The number of nitrogens with one attached hydrogen (secondary N) is 1. The predicted molar refractivity (Wildman–Crippen MR) is 139 cm³/mol. The molecule has 194 valence electrons. The molecule has 1 spiro atoms. The quantitative estimate of drug-likeness (QED) is 0.581. The van der Waals surface area contributed by atoms with Gasteiger partial charge in [0.05, 0.1) is 6.10 Å². The summed E-state index contributed by atoms with van der Waals surface area (Å²) in [5.41, 5.74) is 1.85. The lowest BCUT2D eigenvalue weighted by Crippen LogP contribution is -2.75. The van der Waals surface area contributed by atoms with Crippen LogP contribution in [0.15, 0.2) is 24.3 Å². The number of nitrogens with zero attached hydrogens (tertiary/aromatic N) is 2. The van der Waals surface area contributed by atoms with Crippen LogP contribution in [-0.2, 0) is 16.1 Å². The van der Waals surface area contributed by atoms with E-state index in [0.29, 0.717) is 25.3 Å². The Morgan fingerprint density at radius 1 is 1.06 bits per heavy atom. The molecule has 3 aliphatic rings. The van der Waals surface area contributed by atoms with Crippen molar-refractivity contribution in [2.45, 2.75) is 109 Å². The van der Waals surface area contributed by atoms with Crippen molar-refractivity contribution in [1.29, 1.82) is 0 Å². The van der Waals surface area contributed by atoms with Gasteiger partial charge in [-0.2, -0.15) is 0 Å². The number of piperazine rings is 1. The average molecular weight is 484 g/mol. The highest BCUT2D eigenvalue weighted by Crippen LogP contribution is 2.36. The van der Waals surface area contributed by atoms with E-state index in [9.17, 15) is 14.7 Å². The summed E-state index contributed by atoms with van der Waals surface area (Å²) in [7, 11) is 0. The van der Waals surface area contributed by atoms with Crippen molar-refractivity contribution in [3.8, 4) is 0 Å². The Kier molecular flexibility index (Phi) is 8.54. The molecule has 6 heteroatoms. The summed E-state index contributed by atoms with van der Waals surface area (Å²) in [6.45, 7) is 9.55. The molecule has 3 fully saturated rings. The van der Waals surface area contributed by atoms with Crippen LogP contribution in [0.5, 0.6) is 0 Å². The van der Waals surface area contributed by atoms with Gasteiger partial charge in [-0.05, 0) is 55.1 Å². The van der Waals surface area contributed by atoms with E-state index in [1.165, 1.54) is 17.5 Å². The van der Waals surface area contributed by atoms with E-state index >= 15 is 0 Å². The van der Waals surface area contributed by atoms with Crippen molar-refractivity contribution in [3.05, 3.63) is 35.4 Å². The first-order valence-corrected chi connectivity index (χ1v) is 14.0. The molecule has 1 aliphatic carbocycles. The van der Waals surface area contributed by atoms with Crippen molar-refractivity contribution in [3.63, 3.8) is 0 Å². The summed E-state index contributed by atoms with van der Waals surface area (Å²) in [5, 5.41) is 14.1. The molecule has 6 nitrogen and oxygen atoms in total. The Hall–Kier alpha value is -1.92. The Morgan fingerprint density at radius 2 is 1.71 bits per heavy atom. The largest absolute Gasteiger partial charge is 0.390 e. The van der Waals surface area contributed by atoms with Gasteiger partial charge in [0.15, 0.2) is 0 Å². The second-order valence-corrected chi connectivity index (χ2v) is 11.4. The molecule has 2 atom stereocenters. The summed E-state index contributed by atoms with van der Waals surface area (Å²) in [5.74, 6) is 0.489. The summed E-state index contributed by atoms with van der Waals surface area (Å²) in [4.78, 5) is 31.6. The van der Waals surface area contributed by atoms with Crippen molar-refractivity contribution in [1.82, 2.24) is 15.1 Å². The third-order valence-electron chi connectivity index (χ3n) is 8.70. The number of benzene rings is 1. The van der Waals surface area contributed by atoms with Gasteiger partial charge >= 0.3 is 0 Å². The minimum absolute atomic E-state index is 0.0611. The molecule has 2 N–H and O–H groups in total. The van der Waals surface area contributed by atoms with E-state index in [2.05, 4.69) is 55.3 Å². The fourth-order valence-corrected chi connectivity index (χ4v) is 6.30. The molecule has 2 heterocycles. The smallest absolute Gasteiger partial charge is 0.248 e. The molecule has 2 amide bonds. The maximum Gasteiger partial charge on any atom is 0.248 e. The van der Waals surface area contributed by atoms with Gasteiger partial charge in [0.1, 0.15) is 11.6 Å². The monoisotopic (exact) mass is 483 g/mol.